The van der Waals surface area contributed by atoms with Gasteiger partial charge in [-0.05, 0) is 12.1 Å². The summed E-state index contributed by atoms with van der Waals surface area (Å²) in [7, 11) is 1.44. The smallest absolute Gasteiger partial charge is 0.300 e. The minimum absolute atomic E-state index is 0.112. The third kappa shape index (κ3) is 5.25. The summed E-state index contributed by atoms with van der Waals surface area (Å²) in [5.74, 6) is -0.586. The van der Waals surface area contributed by atoms with Gasteiger partial charge in [0.2, 0.25) is 5.91 Å². The average molecular weight is 414 g/mol. The molecule has 0 unspecified atom stereocenters. The van der Waals surface area contributed by atoms with Gasteiger partial charge in [-0.15, -0.1) is 0 Å². The van der Waals surface area contributed by atoms with Crippen molar-refractivity contribution in [2.45, 2.75) is 0 Å². The molecule has 0 saturated carbocycles. The zero-order valence-corrected chi connectivity index (χ0v) is 14.8. The number of nitrogens with two attached hydrogens (primary N) is 2. The molecule has 2 aromatic rings. The van der Waals surface area contributed by atoms with Gasteiger partial charge in [-0.1, -0.05) is 11.6 Å². The number of nitro benzene ring substituents is 3. The molecule has 14 heteroatoms. The number of rotatable bonds is 5. The number of primary amides is 1. The number of hydrogen-bond acceptors (Lipinski definition) is 9. The highest BCUT2D eigenvalue weighted by molar-refractivity contribution is 6.32. The second-order valence-corrected chi connectivity index (χ2v) is 5.29. The van der Waals surface area contributed by atoms with Crippen LogP contribution in [0.15, 0.2) is 30.3 Å². The van der Waals surface area contributed by atoms with Gasteiger partial charge >= 0.3 is 0 Å². The number of carbonyl (C=O) groups is 1. The molecule has 13 nitrogen and oxygen atoms in total. The highest BCUT2D eigenvalue weighted by Crippen LogP contribution is 2.32. The van der Waals surface area contributed by atoms with Crippen molar-refractivity contribution < 1.29 is 24.3 Å². The predicted octanol–water partition coefficient (Wildman–Crippen LogP) is 2.44. The lowest BCUT2D eigenvalue weighted by Crippen LogP contribution is -2.12. The lowest BCUT2D eigenvalue weighted by atomic mass is 10.1. The number of halogens is 1. The summed E-state index contributed by atoms with van der Waals surface area (Å²) in [5, 5.41) is 31.5. The molecule has 4 N–H and O–H groups in total. The van der Waals surface area contributed by atoms with Gasteiger partial charge in [0.15, 0.2) is 5.69 Å². The monoisotopic (exact) mass is 413 g/mol. The third-order valence-electron chi connectivity index (χ3n) is 3.16. The number of hydrogen-bond donors (Lipinski definition) is 2. The Bertz CT molecular complexity index is 930. The van der Waals surface area contributed by atoms with E-state index in [0.29, 0.717) is 5.75 Å². The SMILES string of the molecule is COc1ccc(Cl)c([N+](=O)[O-])c1.NC(=O)c1cc([N+](=O)[O-])c(N)c([N+](=O)[O-])c1. The Morgan fingerprint density at radius 3 is 1.79 bits per heavy atom. The number of nitrogens with zero attached hydrogens (tertiary/aromatic N) is 3. The zero-order valence-electron chi connectivity index (χ0n) is 14.0. The third-order valence-corrected chi connectivity index (χ3v) is 3.48. The quantitative estimate of drug-likeness (QED) is 0.418. The molecule has 0 spiro atoms. The van der Waals surface area contributed by atoms with Crippen molar-refractivity contribution in [1.29, 1.82) is 0 Å². The molecule has 0 fully saturated rings. The van der Waals surface area contributed by atoms with E-state index >= 15 is 0 Å². The second kappa shape index (κ2) is 9.09. The summed E-state index contributed by atoms with van der Waals surface area (Å²) in [6.45, 7) is 0. The summed E-state index contributed by atoms with van der Waals surface area (Å²) in [6, 6.07) is 5.87. The van der Waals surface area contributed by atoms with Crippen molar-refractivity contribution in [3.63, 3.8) is 0 Å². The van der Waals surface area contributed by atoms with Crippen LogP contribution < -0.4 is 16.2 Å². The molecule has 28 heavy (non-hydrogen) atoms. The molecule has 0 aliphatic carbocycles. The number of ether oxygens (including phenoxy) is 1. The summed E-state index contributed by atoms with van der Waals surface area (Å²) < 4.78 is 4.80. The molecular weight excluding hydrogens is 402 g/mol. The van der Waals surface area contributed by atoms with E-state index in [0.717, 1.165) is 12.1 Å². The summed E-state index contributed by atoms with van der Waals surface area (Å²) >= 11 is 5.55. The van der Waals surface area contributed by atoms with Gasteiger partial charge in [0.05, 0.1) is 33.5 Å². The van der Waals surface area contributed by atoms with Crippen LogP contribution in [0.2, 0.25) is 5.02 Å². The second-order valence-electron chi connectivity index (χ2n) is 4.88. The van der Waals surface area contributed by atoms with Crippen LogP contribution in [0.5, 0.6) is 5.75 Å². The van der Waals surface area contributed by atoms with Crippen LogP contribution in [0.25, 0.3) is 0 Å². The number of nitrogen functional groups attached to an aromatic ring is 1. The summed E-state index contributed by atoms with van der Waals surface area (Å²) in [4.78, 5) is 39.8. The van der Waals surface area contributed by atoms with Gasteiger partial charge < -0.3 is 16.2 Å². The van der Waals surface area contributed by atoms with Crippen LogP contribution in [-0.2, 0) is 0 Å². The number of anilines is 1. The van der Waals surface area contributed by atoms with Gasteiger partial charge in [0.25, 0.3) is 17.1 Å². The average Bonchev–Trinajstić information content (AvgIpc) is 2.61. The van der Waals surface area contributed by atoms with Crippen molar-refractivity contribution in [2.24, 2.45) is 5.73 Å². The standard InChI is InChI=1S/C7H6ClNO3.C7H6N4O5/c1-12-5-2-3-6(8)7(4-5)9(10)11;8-6-4(10(13)14)1-3(7(9)12)2-5(6)11(15)16/h2-4H,1H3;1-2H,8H2,(H2,9,12). The van der Waals surface area contributed by atoms with Crippen LogP contribution >= 0.6 is 11.6 Å². The molecule has 0 heterocycles. The fourth-order valence-corrected chi connectivity index (χ4v) is 2.01. The van der Waals surface area contributed by atoms with E-state index in [1.807, 2.05) is 0 Å². The lowest BCUT2D eigenvalue weighted by Gasteiger charge is -2.01. The maximum atomic E-state index is 10.8. The molecule has 0 aliphatic rings. The lowest BCUT2D eigenvalue weighted by molar-refractivity contribution is -0.392. The van der Waals surface area contributed by atoms with Gasteiger partial charge in [-0.2, -0.15) is 0 Å². The Hall–Kier alpha value is -4.00. The van der Waals surface area contributed by atoms with Crippen molar-refractivity contribution in [1.82, 2.24) is 0 Å². The first kappa shape index (κ1) is 22.0. The predicted molar refractivity (Wildman–Crippen MR) is 97.3 cm³/mol. The van der Waals surface area contributed by atoms with E-state index in [2.05, 4.69) is 0 Å². The molecule has 148 valence electrons. The maximum Gasteiger partial charge on any atom is 0.300 e. The van der Waals surface area contributed by atoms with Crippen LogP contribution in [0.4, 0.5) is 22.7 Å². The molecule has 0 aliphatic heterocycles. The molecule has 2 aromatic carbocycles. The number of nitro groups is 3. The zero-order chi connectivity index (χ0) is 21.6. The number of amides is 1. The molecule has 2 rings (SSSR count). The van der Waals surface area contributed by atoms with Gasteiger partial charge in [0, 0.05) is 12.1 Å². The van der Waals surface area contributed by atoms with Crippen LogP contribution in [0.3, 0.4) is 0 Å². The molecular formula is C14H12ClN5O8. The van der Waals surface area contributed by atoms with Crippen molar-refractivity contribution >= 4 is 40.3 Å². The van der Waals surface area contributed by atoms with Crippen LogP contribution in [-0.4, -0.2) is 27.8 Å². The number of benzene rings is 2. The normalized spacial score (nSPS) is 9.64. The maximum absolute atomic E-state index is 10.8. The van der Waals surface area contributed by atoms with E-state index in [4.69, 9.17) is 27.8 Å². The number of methoxy groups -OCH3 is 1. The first-order chi connectivity index (χ1) is 13.0. The highest BCUT2D eigenvalue weighted by Gasteiger charge is 2.25. The highest BCUT2D eigenvalue weighted by atomic mass is 35.5. The Labute approximate surface area is 160 Å². The Balaban J connectivity index is 0.000000292. The fourth-order valence-electron chi connectivity index (χ4n) is 1.83. The fraction of sp³-hybridized carbons (Fsp3) is 0.0714. The van der Waals surface area contributed by atoms with E-state index in [-0.39, 0.29) is 16.3 Å². The van der Waals surface area contributed by atoms with Crippen molar-refractivity contribution in [3.05, 3.63) is 71.3 Å². The van der Waals surface area contributed by atoms with E-state index in [9.17, 15) is 35.1 Å². The summed E-state index contributed by atoms with van der Waals surface area (Å²) in [5.41, 5.74) is 7.56. The largest absolute Gasteiger partial charge is 0.496 e. The van der Waals surface area contributed by atoms with Gasteiger partial charge in [-0.3, -0.25) is 35.1 Å². The van der Waals surface area contributed by atoms with Crippen LogP contribution in [0, 0.1) is 30.3 Å². The minimum Gasteiger partial charge on any atom is -0.496 e. The van der Waals surface area contributed by atoms with Crippen LogP contribution in [0.1, 0.15) is 10.4 Å². The Kier molecular flexibility index (Phi) is 7.15. The van der Waals surface area contributed by atoms with E-state index in [1.54, 1.807) is 6.07 Å². The number of carbonyl (C=O) groups excluding carboxylic acids is 1. The van der Waals surface area contributed by atoms with Crippen molar-refractivity contribution in [2.75, 3.05) is 12.8 Å². The first-order valence-corrected chi connectivity index (χ1v) is 7.37. The molecule has 1 amide bonds. The van der Waals surface area contributed by atoms with Gasteiger partial charge in [0.1, 0.15) is 10.8 Å². The van der Waals surface area contributed by atoms with Crippen molar-refractivity contribution in [3.8, 4) is 5.75 Å². The topological polar surface area (TPSA) is 208 Å². The van der Waals surface area contributed by atoms with Gasteiger partial charge in [-0.25, -0.2) is 0 Å². The Morgan fingerprint density at radius 2 is 1.43 bits per heavy atom. The molecule has 0 radical (unpaired) electrons. The van der Waals surface area contributed by atoms with E-state index in [1.165, 1.54) is 19.2 Å². The molecule has 0 aromatic heterocycles. The summed E-state index contributed by atoms with van der Waals surface area (Å²) in [6.07, 6.45) is 0. The Morgan fingerprint density at radius 1 is 0.964 bits per heavy atom. The molecule has 0 bridgehead atoms. The minimum atomic E-state index is -1.01. The molecule has 0 saturated heterocycles. The first-order valence-electron chi connectivity index (χ1n) is 6.99. The van der Waals surface area contributed by atoms with E-state index < -0.39 is 37.7 Å². The molecule has 0 atom stereocenters.